The molecule has 1 aromatic rings. The molecular formula is C52H97NO6Si. The predicted octanol–water partition coefficient (Wildman–Crippen LogP) is 13.6. The zero-order valence-electron chi connectivity index (χ0n) is 41.5. The highest BCUT2D eigenvalue weighted by atomic mass is 28.3. The van der Waals surface area contributed by atoms with E-state index in [9.17, 15) is 9.59 Å². The van der Waals surface area contributed by atoms with E-state index < -0.39 is 18.9 Å². The van der Waals surface area contributed by atoms with Crippen LogP contribution in [0.1, 0.15) is 170 Å². The third-order valence-electron chi connectivity index (χ3n) is 13.0. The average molecular weight is 860 g/mol. The quantitative estimate of drug-likeness (QED) is 0.0679. The lowest BCUT2D eigenvalue weighted by atomic mass is 9.72. The van der Waals surface area contributed by atoms with Crippen molar-refractivity contribution in [3.8, 4) is 0 Å². The lowest BCUT2D eigenvalue weighted by Gasteiger charge is -2.33. The predicted molar refractivity (Wildman–Crippen MR) is 257 cm³/mol. The molecule has 2 N–H and O–H groups in total. The number of esters is 2. The molecule has 5 fully saturated rings. The van der Waals surface area contributed by atoms with Gasteiger partial charge in [-0.05, 0) is 141 Å². The molecule has 5 aliphatic rings. The monoisotopic (exact) mass is 860 g/mol. The van der Waals surface area contributed by atoms with Gasteiger partial charge in [0.05, 0.1) is 36.8 Å². The van der Waals surface area contributed by atoms with E-state index in [1.165, 1.54) is 89.3 Å². The molecule has 60 heavy (non-hydrogen) atoms. The number of rotatable bonds is 18. The van der Waals surface area contributed by atoms with Crippen molar-refractivity contribution in [3.63, 3.8) is 0 Å². The number of aryl methyl sites for hydroxylation is 1. The first kappa shape index (κ1) is 56.3. The summed E-state index contributed by atoms with van der Waals surface area (Å²) in [6.45, 7) is 26.0. The van der Waals surface area contributed by atoms with Crippen LogP contribution in [0, 0.1) is 47.3 Å². The Labute approximate surface area is 372 Å². The van der Waals surface area contributed by atoms with Gasteiger partial charge < -0.3 is 24.7 Å². The molecule has 1 saturated heterocycles. The van der Waals surface area contributed by atoms with Crippen LogP contribution in [0.3, 0.4) is 0 Å². The molecule has 1 heterocycles. The van der Waals surface area contributed by atoms with E-state index in [2.05, 4.69) is 58.3 Å². The maximum Gasteiger partial charge on any atom is 0.311 e. The van der Waals surface area contributed by atoms with Gasteiger partial charge in [-0.25, -0.2) is 0 Å². The first-order valence-corrected chi connectivity index (χ1v) is 28.3. The fraction of sp³-hybridized carbons (Fsp3) is 0.846. The first-order chi connectivity index (χ1) is 28.5. The van der Waals surface area contributed by atoms with Gasteiger partial charge in [0, 0.05) is 21.3 Å². The minimum absolute atomic E-state index is 0.246. The van der Waals surface area contributed by atoms with Crippen molar-refractivity contribution >= 4 is 20.0 Å². The SMILES string of the molecule is CCCC1CCC2OC2C1.CCCCOC(=O)C(C)(C)CC(C)(CC)C(=O)OC.CCCCOCC1CC1.CN.C[Si](C)(C)CCC1CCC2CC2C1.Cc1ccccc1. The molecular weight excluding hydrogens is 763 g/mol. The van der Waals surface area contributed by atoms with E-state index in [1.807, 2.05) is 52.8 Å². The van der Waals surface area contributed by atoms with Crippen molar-refractivity contribution in [3.05, 3.63) is 35.9 Å². The Kier molecular flexibility index (Phi) is 28.5. The van der Waals surface area contributed by atoms with Crippen LogP contribution in [0.4, 0.5) is 0 Å². The molecule has 0 bridgehead atoms. The van der Waals surface area contributed by atoms with Gasteiger partial charge in [0.25, 0.3) is 0 Å². The Morgan fingerprint density at radius 3 is 1.83 bits per heavy atom. The zero-order valence-corrected chi connectivity index (χ0v) is 42.5. The Hall–Kier alpha value is -1.74. The number of unbranched alkanes of at least 4 members (excludes halogenated alkanes) is 2. The highest BCUT2D eigenvalue weighted by Crippen LogP contribution is 2.52. The number of hydrogen-bond donors (Lipinski definition) is 1. The molecule has 0 spiro atoms. The summed E-state index contributed by atoms with van der Waals surface area (Å²) in [5.41, 5.74) is 4.48. The minimum atomic E-state index is -0.750. The minimum Gasteiger partial charge on any atom is -0.469 e. The molecule has 6 rings (SSSR count). The van der Waals surface area contributed by atoms with Crippen LogP contribution in [-0.4, -0.2) is 66.2 Å². The van der Waals surface area contributed by atoms with Crippen molar-refractivity contribution in [2.24, 2.45) is 46.2 Å². The van der Waals surface area contributed by atoms with Crippen molar-refractivity contribution in [1.29, 1.82) is 0 Å². The van der Waals surface area contributed by atoms with Gasteiger partial charge in [-0.15, -0.1) is 0 Å². The van der Waals surface area contributed by atoms with Gasteiger partial charge in [0.15, 0.2) is 0 Å². The van der Waals surface area contributed by atoms with Gasteiger partial charge in [-0.3, -0.25) is 9.59 Å². The summed E-state index contributed by atoms with van der Waals surface area (Å²) >= 11 is 0. The molecule has 350 valence electrons. The number of carbonyl (C=O) groups excluding carboxylic acids is 2. The van der Waals surface area contributed by atoms with Gasteiger partial charge >= 0.3 is 11.9 Å². The maximum absolute atomic E-state index is 12.1. The van der Waals surface area contributed by atoms with Crippen LogP contribution >= 0.6 is 0 Å². The largest absolute Gasteiger partial charge is 0.469 e. The molecule has 0 radical (unpaired) electrons. The van der Waals surface area contributed by atoms with Gasteiger partial charge in [-0.1, -0.05) is 128 Å². The molecule has 0 aromatic heterocycles. The number of epoxide rings is 1. The maximum atomic E-state index is 12.1. The second kappa shape index (κ2) is 30.4. The van der Waals surface area contributed by atoms with E-state index in [4.69, 9.17) is 18.9 Å². The molecule has 1 aliphatic heterocycles. The van der Waals surface area contributed by atoms with Crippen LogP contribution in [0.15, 0.2) is 30.3 Å². The summed E-state index contributed by atoms with van der Waals surface area (Å²) in [5, 5.41) is 0. The summed E-state index contributed by atoms with van der Waals surface area (Å²) in [7, 11) is 2.13. The molecule has 8 heteroatoms. The van der Waals surface area contributed by atoms with Gasteiger partial charge in [0.2, 0.25) is 0 Å². The zero-order chi connectivity index (χ0) is 45.2. The molecule has 4 aliphatic carbocycles. The third kappa shape index (κ3) is 25.4. The van der Waals surface area contributed by atoms with E-state index in [-0.39, 0.29) is 11.9 Å². The summed E-state index contributed by atoms with van der Waals surface area (Å²) in [6.07, 6.45) is 24.3. The number of carbonyl (C=O) groups is 2. The number of ether oxygens (including phenoxy) is 4. The lowest BCUT2D eigenvalue weighted by molar-refractivity contribution is -0.161. The lowest BCUT2D eigenvalue weighted by Crippen LogP contribution is -2.38. The summed E-state index contributed by atoms with van der Waals surface area (Å²) < 4.78 is 21.0. The fourth-order valence-electron chi connectivity index (χ4n) is 8.46. The fourth-order valence-corrected chi connectivity index (χ4v) is 9.73. The van der Waals surface area contributed by atoms with E-state index >= 15 is 0 Å². The van der Waals surface area contributed by atoms with E-state index in [1.54, 1.807) is 38.1 Å². The van der Waals surface area contributed by atoms with Crippen molar-refractivity contribution in [1.82, 2.24) is 0 Å². The summed E-state index contributed by atoms with van der Waals surface area (Å²) in [5.74, 6) is 4.89. The smallest absolute Gasteiger partial charge is 0.311 e. The Bertz CT molecular complexity index is 1250. The summed E-state index contributed by atoms with van der Waals surface area (Å²) in [4.78, 5) is 23.9. The molecule has 7 nitrogen and oxygen atoms in total. The second-order valence-corrected chi connectivity index (χ2v) is 26.3. The Balaban J connectivity index is 0.000000385. The molecule has 7 unspecified atom stereocenters. The van der Waals surface area contributed by atoms with Crippen LogP contribution in [0.2, 0.25) is 25.7 Å². The first-order valence-electron chi connectivity index (χ1n) is 24.6. The standard InChI is InChI=1S/C15H28O4.C12H24Si.C9H16O.C8H16O.C7H8.CH5N/c1-7-9-10-19-12(16)14(3,4)11-15(5,8-2)13(17)18-6;1-13(2,3)7-6-10-4-5-11-9-12(11)8-10;1-2-3-7-4-5-8-9(6-7)10-8;1-2-3-6-9-7-8-4-5-8;1-7-5-3-2-4-6-7;1-2/h7-11H2,1-6H3;10-12H,4-9H2,1-3H3;7-9H,2-6H2,1H3;8H,2-7H2,1H3;2-6H,1H3;2H2,1H3. The Morgan fingerprint density at radius 2 is 1.33 bits per heavy atom. The highest BCUT2D eigenvalue weighted by molar-refractivity contribution is 6.76. The number of hydrogen-bond acceptors (Lipinski definition) is 7. The van der Waals surface area contributed by atoms with E-state index in [0.29, 0.717) is 31.7 Å². The normalized spacial score (nSPS) is 24.3. The van der Waals surface area contributed by atoms with Crippen LogP contribution < -0.4 is 5.73 Å². The Morgan fingerprint density at radius 1 is 0.733 bits per heavy atom. The van der Waals surface area contributed by atoms with Gasteiger partial charge in [0.1, 0.15) is 0 Å². The number of fused-ring (bicyclic) bond motifs is 2. The molecule has 1 aromatic carbocycles. The average Bonchev–Trinajstić information content (AvgIpc) is 4.11. The molecule has 0 amide bonds. The topological polar surface area (TPSA) is 100 Å². The highest BCUT2D eigenvalue weighted by Gasteiger charge is 2.44. The number of benzene rings is 1. The van der Waals surface area contributed by atoms with Crippen molar-refractivity contribution < 1.29 is 28.5 Å². The van der Waals surface area contributed by atoms with Crippen LogP contribution in [-0.2, 0) is 28.5 Å². The summed E-state index contributed by atoms with van der Waals surface area (Å²) in [6, 6.07) is 11.8. The second-order valence-electron chi connectivity index (χ2n) is 20.7. The number of methoxy groups -OCH3 is 1. The molecule has 7 atom stereocenters. The van der Waals surface area contributed by atoms with Gasteiger partial charge in [-0.2, -0.15) is 0 Å². The van der Waals surface area contributed by atoms with Crippen molar-refractivity contribution in [2.75, 3.05) is 34.0 Å². The molecule has 4 saturated carbocycles. The third-order valence-corrected chi connectivity index (χ3v) is 14.8. The van der Waals surface area contributed by atoms with Crippen LogP contribution in [0.5, 0.6) is 0 Å². The van der Waals surface area contributed by atoms with Crippen molar-refractivity contribution in [2.45, 2.75) is 209 Å². The number of nitrogens with two attached hydrogens (primary N) is 1. The van der Waals surface area contributed by atoms with E-state index in [0.717, 1.165) is 43.8 Å². The van der Waals surface area contributed by atoms with Crippen LogP contribution in [0.25, 0.3) is 0 Å².